The lowest BCUT2D eigenvalue weighted by atomic mass is 10.2. The van der Waals surface area contributed by atoms with E-state index in [1.54, 1.807) is 12.1 Å². The Hall–Kier alpha value is -2.50. The Morgan fingerprint density at radius 3 is 2.50 bits per heavy atom. The van der Waals surface area contributed by atoms with Crippen molar-refractivity contribution in [2.75, 3.05) is 0 Å². The molecule has 0 fully saturated rings. The molecular weight excluding hydrogens is 210 g/mol. The summed E-state index contributed by atoms with van der Waals surface area (Å²) in [6.07, 6.45) is 2.05. The van der Waals surface area contributed by atoms with Gasteiger partial charge in [-0.05, 0) is 24.3 Å². The number of carboxylic acids is 1. The van der Waals surface area contributed by atoms with Crippen molar-refractivity contribution in [2.24, 2.45) is 0 Å². The average molecular weight is 217 g/mol. The van der Waals surface area contributed by atoms with E-state index in [1.807, 2.05) is 0 Å². The van der Waals surface area contributed by atoms with Crippen LogP contribution in [0.4, 0.5) is 0 Å². The van der Waals surface area contributed by atoms with Gasteiger partial charge >= 0.3 is 5.97 Å². The van der Waals surface area contributed by atoms with Crippen molar-refractivity contribution in [3.8, 4) is 5.69 Å². The molecule has 1 aromatic heterocycles. The van der Waals surface area contributed by atoms with Crippen molar-refractivity contribution in [3.05, 3.63) is 41.7 Å². The molecule has 0 unspecified atom stereocenters. The molecule has 2 rings (SSSR count). The van der Waals surface area contributed by atoms with E-state index >= 15 is 0 Å². The second kappa shape index (κ2) is 3.93. The summed E-state index contributed by atoms with van der Waals surface area (Å²) in [5, 5.41) is 16.0. The van der Waals surface area contributed by atoms with Crippen molar-refractivity contribution in [3.63, 3.8) is 0 Å². The number of carbonyl (C=O) groups is 2. The smallest absolute Gasteiger partial charge is 0.335 e. The van der Waals surface area contributed by atoms with E-state index in [0.717, 1.165) is 0 Å². The van der Waals surface area contributed by atoms with E-state index in [1.165, 1.54) is 23.0 Å². The molecule has 0 aliphatic rings. The van der Waals surface area contributed by atoms with Crippen LogP contribution in [-0.4, -0.2) is 32.4 Å². The van der Waals surface area contributed by atoms with Crippen LogP contribution in [-0.2, 0) is 0 Å². The number of rotatable bonds is 3. The molecule has 80 valence electrons. The maximum atomic E-state index is 10.6. The van der Waals surface area contributed by atoms with Gasteiger partial charge in [-0.1, -0.05) is 5.21 Å². The third-order valence-electron chi connectivity index (χ3n) is 2.01. The van der Waals surface area contributed by atoms with Gasteiger partial charge in [-0.3, -0.25) is 4.79 Å². The molecule has 0 bridgehead atoms. The molecule has 6 nitrogen and oxygen atoms in total. The Balaban J connectivity index is 2.34. The van der Waals surface area contributed by atoms with Gasteiger partial charge in [0.05, 0.1) is 17.4 Å². The zero-order valence-corrected chi connectivity index (χ0v) is 8.07. The van der Waals surface area contributed by atoms with Gasteiger partial charge < -0.3 is 5.11 Å². The summed E-state index contributed by atoms with van der Waals surface area (Å²) < 4.78 is 1.40. The Labute approximate surface area is 90.1 Å². The molecule has 0 aliphatic heterocycles. The van der Waals surface area contributed by atoms with E-state index in [9.17, 15) is 9.59 Å². The molecule has 0 amide bonds. The van der Waals surface area contributed by atoms with E-state index < -0.39 is 5.97 Å². The number of carboxylic acid groups (broad SMARTS) is 1. The second-order valence-electron chi connectivity index (χ2n) is 3.06. The number of aromatic nitrogens is 3. The Morgan fingerprint density at radius 2 is 2.00 bits per heavy atom. The largest absolute Gasteiger partial charge is 0.478 e. The molecule has 0 spiro atoms. The van der Waals surface area contributed by atoms with Crippen LogP contribution in [0.5, 0.6) is 0 Å². The van der Waals surface area contributed by atoms with Crippen molar-refractivity contribution < 1.29 is 14.7 Å². The van der Waals surface area contributed by atoms with E-state index in [4.69, 9.17) is 5.11 Å². The van der Waals surface area contributed by atoms with Crippen LogP contribution in [0.15, 0.2) is 30.5 Å². The SMILES string of the molecule is O=Cc1cn(-c2ccc(C(=O)O)cc2)nn1. The van der Waals surface area contributed by atoms with Gasteiger partial charge in [-0.25, -0.2) is 9.48 Å². The summed E-state index contributed by atoms with van der Waals surface area (Å²) in [6, 6.07) is 6.10. The quantitative estimate of drug-likeness (QED) is 0.768. The summed E-state index contributed by atoms with van der Waals surface area (Å²) in [5.41, 5.74) is 1.06. The minimum Gasteiger partial charge on any atom is -0.478 e. The molecule has 0 radical (unpaired) electrons. The number of hydrogen-bond donors (Lipinski definition) is 1. The van der Waals surface area contributed by atoms with Crippen LogP contribution in [0.25, 0.3) is 5.69 Å². The maximum absolute atomic E-state index is 10.6. The molecule has 1 heterocycles. The minimum absolute atomic E-state index is 0.194. The summed E-state index contributed by atoms with van der Waals surface area (Å²) in [4.78, 5) is 21.0. The zero-order chi connectivity index (χ0) is 11.5. The number of benzene rings is 1. The highest BCUT2D eigenvalue weighted by atomic mass is 16.4. The number of aromatic carboxylic acids is 1. The van der Waals surface area contributed by atoms with Gasteiger partial charge in [0, 0.05) is 0 Å². The average Bonchev–Trinajstić information content (AvgIpc) is 2.77. The number of hydrogen-bond acceptors (Lipinski definition) is 4. The first kappa shape index (κ1) is 10.0. The molecule has 16 heavy (non-hydrogen) atoms. The minimum atomic E-state index is -0.987. The summed E-state index contributed by atoms with van der Waals surface area (Å²) >= 11 is 0. The Morgan fingerprint density at radius 1 is 1.31 bits per heavy atom. The highest BCUT2D eigenvalue weighted by Gasteiger charge is 2.04. The Kier molecular flexibility index (Phi) is 2.47. The zero-order valence-electron chi connectivity index (χ0n) is 8.07. The number of carbonyl (C=O) groups excluding carboxylic acids is 1. The number of nitrogens with zero attached hydrogens (tertiary/aromatic N) is 3. The van der Waals surface area contributed by atoms with Crippen molar-refractivity contribution in [1.29, 1.82) is 0 Å². The van der Waals surface area contributed by atoms with Crippen molar-refractivity contribution in [2.45, 2.75) is 0 Å². The summed E-state index contributed by atoms with van der Waals surface area (Å²) in [7, 11) is 0. The topological polar surface area (TPSA) is 85.1 Å². The second-order valence-corrected chi connectivity index (χ2v) is 3.06. The van der Waals surface area contributed by atoms with Crippen LogP contribution in [0.3, 0.4) is 0 Å². The summed E-state index contributed by atoms with van der Waals surface area (Å²) in [6.45, 7) is 0. The van der Waals surface area contributed by atoms with Crippen LogP contribution in [0.1, 0.15) is 20.8 Å². The third-order valence-corrected chi connectivity index (χ3v) is 2.01. The first-order chi connectivity index (χ1) is 7.70. The van der Waals surface area contributed by atoms with Gasteiger partial charge in [0.2, 0.25) is 0 Å². The molecule has 2 aromatic rings. The monoisotopic (exact) mass is 217 g/mol. The van der Waals surface area contributed by atoms with E-state index in [-0.39, 0.29) is 11.3 Å². The number of aldehydes is 1. The normalized spacial score (nSPS) is 10.0. The van der Waals surface area contributed by atoms with Crippen molar-refractivity contribution >= 4 is 12.3 Å². The lowest BCUT2D eigenvalue weighted by Gasteiger charge is -1.99. The molecular formula is C10H7N3O3. The molecule has 0 saturated heterocycles. The standard InChI is InChI=1S/C10H7N3O3/c14-6-8-5-13(12-11-8)9-3-1-7(2-4-9)10(15)16/h1-6H,(H,15,16). The van der Waals surface area contributed by atoms with Crippen molar-refractivity contribution in [1.82, 2.24) is 15.0 Å². The lowest BCUT2D eigenvalue weighted by molar-refractivity contribution is 0.0696. The fraction of sp³-hybridized carbons (Fsp3) is 0. The van der Waals surface area contributed by atoms with E-state index in [0.29, 0.717) is 12.0 Å². The van der Waals surface area contributed by atoms with Crippen LogP contribution >= 0.6 is 0 Å². The van der Waals surface area contributed by atoms with Crippen LogP contribution < -0.4 is 0 Å². The van der Waals surface area contributed by atoms with Gasteiger partial charge in [-0.15, -0.1) is 5.10 Å². The highest BCUT2D eigenvalue weighted by Crippen LogP contribution is 2.08. The molecule has 6 heteroatoms. The summed E-state index contributed by atoms with van der Waals surface area (Å²) in [5.74, 6) is -0.987. The van der Waals surface area contributed by atoms with Gasteiger partial charge in [-0.2, -0.15) is 0 Å². The predicted octanol–water partition coefficient (Wildman–Crippen LogP) is 0.778. The molecule has 0 saturated carbocycles. The fourth-order valence-corrected chi connectivity index (χ4v) is 1.21. The third kappa shape index (κ3) is 1.81. The predicted molar refractivity (Wildman–Crippen MR) is 53.7 cm³/mol. The molecule has 1 N–H and O–H groups in total. The fourth-order valence-electron chi connectivity index (χ4n) is 1.21. The molecule has 1 aromatic carbocycles. The van der Waals surface area contributed by atoms with Gasteiger partial charge in [0.1, 0.15) is 5.69 Å². The first-order valence-corrected chi connectivity index (χ1v) is 4.42. The van der Waals surface area contributed by atoms with Gasteiger partial charge in [0.15, 0.2) is 6.29 Å². The van der Waals surface area contributed by atoms with Crippen LogP contribution in [0.2, 0.25) is 0 Å². The first-order valence-electron chi connectivity index (χ1n) is 4.42. The highest BCUT2D eigenvalue weighted by molar-refractivity contribution is 5.87. The lowest BCUT2D eigenvalue weighted by Crippen LogP contribution is -1.98. The molecule has 0 aliphatic carbocycles. The molecule has 0 atom stereocenters. The van der Waals surface area contributed by atoms with Gasteiger partial charge in [0.25, 0.3) is 0 Å². The van der Waals surface area contributed by atoms with Crippen LogP contribution in [0, 0.1) is 0 Å². The maximum Gasteiger partial charge on any atom is 0.335 e. The Bertz CT molecular complexity index is 530. The van der Waals surface area contributed by atoms with E-state index in [2.05, 4.69) is 10.3 Å².